The van der Waals surface area contributed by atoms with Crippen molar-refractivity contribution >= 4 is 17.7 Å². The fourth-order valence-corrected chi connectivity index (χ4v) is 3.32. The first-order chi connectivity index (χ1) is 11.7. The molecule has 0 saturated carbocycles. The summed E-state index contributed by atoms with van der Waals surface area (Å²) in [6.45, 7) is 2.90. The molecule has 0 unspecified atom stereocenters. The molecule has 3 nitrogen and oxygen atoms in total. The van der Waals surface area contributed by atoms with Crippen LogP contribution in [0.15, 0.2) is 58.3 Å². The Kier molecular flexibility index (Phi) is 7.86. The summed E-state index contributed by atoms with van der Waals surface area (Å²) in [4.78, 5) is 14.3. The molecule has 2 aromatic rings. The number of carbonyl (C=O) groups is 1. The normalized spacial score (nSPS) is 10.6. The van der Waals surface area contributed by atoms with Crippen LogP contribution in [0.5, 0.6) is 0 Å². The number of nitrogens with one attached hydrogen (secondary N) is 1. The van der Waals surface area contributed by atoms with Crippen LogP contribution < -0.4 is 5.32 Å². The minimum absolute atomic E-state index is 0.0723. The second-order valence-electron chi connectivity index (χ2n) is 5.80. The number of unbranched alkanes of at least 4 members (excludes halogenated alkanes) is 1. The predicted octanol–water partition coefficient (Wildman–Crippen LogP) is 3.97. The monoisotopic (exact) mass is 343 g/mol. The Balaban J connectivity index is 1.89. The maximum atomic E-state index is 11.9. The van der Waals surface area contributed by atoms with Gasteiger partial charge in [0.25, 0.3) is 0 Å². The van der Waals surface area contributed by atoms with Crippen molar-refractivity contribution in [2.75, 3.05) is 13.2 Å². The van der Waals surface area contributed by atoms with E-state index in [-0.39, 0.29) is 12.5 Å². The lowest BCUT2D eigenvalue weighted by atomic mass is 10.1. The van der Waals surface area contributed by atoms with Crippen molar-refractivity contribution in [3.05, 3.63) is 59.7 Å². The molecule has 0 saturated heterocycles. The van der Waals surface area contributed by atoms with Gasteiger partial charge in [0.1, 0.15) is 0 Å². The average Bonchev–Trinajstić information content (AvgIpc) is 2.60. The molecular weight excluding hydrogens is 318 g/mol. The minimum atomic E-state index is 0.0723. The molecular formula is C20H25NO2S. The van der Waals surface area contributed by atoms with Crippen LogP contribution in [-0.2, 0) is 11.2 Å². The standard InChI is InChI=1S/C20H25NO2S/c1-16-8-11-18(12-9-16)24-19-7-3-2-6-17(19)10-13-20(23)21-14-4-5-15-22/h2-3,6-9,11-12,22H,4-5,10,13-15H2,1H3,(H,21,23). The molecule has 0 fully saturated rings. The lowest BCUT2D eigenvalue weighted by Gasteiger charge is -2.10. The van der Waals surface area contributed by atoms with Gasteiger partial charge in [-0.25, -0.2) is 0 Å². The van der Waals surface area contributed by atoms with Gasteiger partial charge in [0.15, 0.2) is 0 Å². The zero-order valence-corrected chi connectivity index (χ0v) is 14.9. The number of aliphatic hydroxyl groups is 1. The third kappa shape index (κ3) is 6.38. The number of amides is 1. The highest BCUT2D eigenvalue weighted by Gasteiger charge is 2.07. The average molecular weight is 343 g/mol. The SMILES string of the molecule is Cc1ccc(Sc2ccccc2CCC(=O)NCCCCO)cc1. The van der Waals surface area contributed by atoms with Crippen LogP contribution in [-0.4, -0.2) is 24.2 Å². The van der Waals surface area contributed by atoms with Crippen molar-refractivity contribution in [2.24, 2.45) is 0 Å². The number of hydrogen-bond donors (Lipinski definition) is 2. The Morgan fingerprint density at radius 1 is 1.08 bits per heavy atom. The Bertz CT molecular complexity index is 640. The molecule has 2 aromatic carbocycles. The largest absolute Gasteiger partial charge is 0.396 e. The third-order valence-electron chi connectivity index (χ3n) is 3.75. The van der Waals surface area contributed by atoms with E-state index < -0.39 is 0 Å². The van der Waals surface area contributed by atoms with E-state index in [1.807, 2.05) is 12.1 Å². The number of hydrogen-bond acceptors (Lipinski definition) is 3. The number of aryl methyl sites for hydroxylation is 2. The zero-order chi connectivity index (χ0) is 17.2. The number of aliphatic hydroxyl groups excluding tert-OH is 1. The first-order valence-electron chi connectivity index (χ1n) is 8.39. The summed E-state index contributed by atoms with van der Waals surface area (Å²) >= 11 is 1.74. The molecule has 0 aromatic heterocycles. The Hall–Kier alpha value is -1.78. The van der Waals surface area contributed by atoms with Gasteiger partial charge in [0, 0.05) is 29.4 Å². The Morgan fingerprint density at radius 3 is 2.58 bits per heavy atom. The van der Waals surface area contributed by atoms with Crippen molar-refractivity contribution in [3.8, 4) is 0 Å². The summed E-state index contributed by atoms with van der Waals surface area (Å²) in [6.07, 6.45) is 2.78. The van der Waals surface area contributed by atoms with E-state index in [1.165, 1.54) is 20.9 Å². The van der Waals surface area contributed by atoms with Crippen molar-refractivity contribution in [1.82, 2.24) is 5.32 Å². The molecule has 4 heteroatoms. The molecule has 0 aliphatic carbocycles. The number of carbonyl (C=O) groups excluding carboxylic acids is 1. The second kappa shape index (κ2) is 10.2. The fraction of sp³-hybridized carbons (Fsp3) is 0.350. The highest BCUT2D eigenvalue weighted by molar-refractivity contribution is 7.99. The lowest BCUT2D eigenvalue weighted by Crippen LogP contribution is -2.24. The molecule has 0 heterocycles. The van der Waals surface area contributed by atoms with Crippen molar-refractivity contribution in [1.29, 1.82) is 0 Å². The highest BCUT2D eigenvalue weighted by Crippen LogP contribution is 2.31. The van der Waals surface area contributed by atoms with E-state index in [1.54, 1.807) is 11.8 Å². The Morgan fingerprint density at radius 2 is 1.83 bits per heavy atom. The van der Waals surface area contributed by atoms with E-state index in [9.17, 15) is 4.79 Å². The molecule has 24 heavy (non-hydrogen) atoms. The van der Waals surface area contributed by atoms with Crippen LogP contribution in [0.3, 0.4) is 0 Å². The summed E-state index contributed by atoms with van der Waals surface area (Å²) in [7, 11) is 0. The summed E-state index contributed by atoms with van der Waals surface area (Å²) in [5, 5.41) is 11.6. The van der Waals surface area contributed by atoms with Gasteiger partial charge in [-0.15, -0.1) is 0 Å². The van der Waals surface area contributed by atoms with Gasteiger partial charge in [0.05, 0.1) is 0 Å². The molecule has 0 aliphatic rings. The summed E-state index contributed by atoms with van der Waals surface area (Å²) in [6, 6.07) is 16.8. The van der Waals surface area contributed by atoms with E-state index in [0.29, 0.717) is 13.0 Å². The molecule has 0 spiro atoms. The van der Waals surface area contributed by atoms with Crippen LogP contribution in [0.4, 0.5) is 0 Å². The van der Waals surface area contributed by atoms with Crippen molar-refractivity contribution in [3.63, 3.8) is 0 Å². The van der Waals surface area contributed by atoms with Crippen LogP contribution >= 0.6 is 11.8 Å². The summed E-state index contributed by atoms with van der Waals surface area (Å²) in [5.41, 5.74) is 2.46. The lowest BCUT2D eigenvalue weighted by molar-refractivity contribution is -0.121. The fourth-order valence-electron chi connectivity index (χ4n) is 2.34. The molecule has 0 aliphatic heterocycles. The molecule has 0 bridgehead atoms. The quantitative estimate of drug-likeness (QED) is 0.677. The summed E-state index contributed by atoms with van der Waals surface area (Å²) < 4.78 is 0. The van der Waals surface area contributed by atoms with Crippen LogP contribution in [0, 0.1) is 6.92 Å². The number of rotatable bonds is 9. The summed E-state index contributed by atoms with van der Waals surface area (Å²) in [5.74, 6) is 0.0723. The van der Waals surface area contributed by atoms with Gasteiger partial charge in [-0.3, -0.25) is 4.79 Å². The second-order valence-corrected chi connectivity index (χ2v) is 6.92. The first kappa shape index (κ1) is 18.6. The highest BCUT2D eigenvalue weighted by atomic mass is 32.2. The van der Waals surface area contributed by atoms with Gasteiger partial charge in [0.2, 0.25) is 5.91 Å². The minimum Gasteiger partial charge on any atom is -0.396 e. The molecule has 128 valence electrons. The van der Waals surface area contributed by atoms with Crippen molar-refractivity contribution in [2.45, 2.75) is 42.4 Å². The zero-order valence-electron chi connectivity index (χ0n) is 14.1. The van der Waals surface area contributed by atoms with Crippen LogP contribution in [0.2, 0.25) is 0 Å². The first-order valence-corrected chi connectivity index (χ1v) is 9.20. The molecule has 2 N–H and O–H groups in total. The van der Waals surface area contributed by atoms with E-state index in [2.05, 4.69) is 48.6 Å². The maximum Gasteiger partial charge on any atom is 0.220 e. The predicted molar refractivity (Wildman–Crippen MR) is 99.4 cm³/mol. The van der Waals surface area contributed by atoms with E-state index in [4.69, 9.17) is 5.11 Å². The van der Waals surface area contributed by atoms with Gasteiger partial charge < -0.3 is 10.4 Å². The maximum absolute atomic E-state index is 11.9. The van der Waals surface area contributed by atoms with Gasteiger partial charge in [-0.2, -0.15) is 0 Å². The van der Waals surface area contributed by atoms with Crippen LogP contribution in [0.25, 0.3) is 0 Å². The van der Waals surface area contributed by atoms with Gasteiger partial charge in [-0.05, 0) is 49.9 Å². The van der Waals surface area contributed by atoms with Crippen molar-refractivity contribution < 1.29 is 9.90 Å². The molecule has 1 amide bonds. The molecule has 0 atom stereocenters. The Labute approximate surface area is 148 Å². The molecule has 2 rings (SSSR count). The van der Waals surface area contributed by atoms with Gasteiger partial charge in [-0.1, -0.05) is 47.7 Å². The topological polar surface area (TPSA) is 49.3 Å². The van der Waals surface area contributed by atoms with E-state index >= 15 is 0 Å². The smallest absolute Gasteiger partial charge is 0.220 e. The third-order valence-corrected chi connectivity index (χ3v) is 4.88. The van der Waals surface area contributed by atoms with Crippen LogP contribution in [0.1, 0.15) is 30.4 Å². The van der Waals surface area contributed by atoms with E-state index in [0.717, 1.165) is 19.3 Å². The molecule has 0 radical (unpaired) electrons. The van der Waals surface area contributed by atoms with Gasteiger partial charge >= 0.3 is 0 Å². The number of benzene rings is 2.